The molecule has 0 rings (SSSR count). The van der Waals surface area contributed by atoms with Gasteiger partial charge in [-0.15, -0.1) is 0 Å². The average Bonchev–Trinajstić information content (AvgIpc) is 1.99. The summed E-state index contributed by atoms with van der Waals surface area (Å²) in [5, 5.41) is -0.145. The van der Waals surface area contributed by atoms with Crippen molar-refractivity contribution in [3.05, 3.63) is 0 Å². The molecule has 0 fully saturated rings. The van der Waals surface area contributed by atoms with Gasteiger partial charge in [0.25, 0.3) is 0 Å². The molecule has 0 aromatic rings. The summed E-state index contributed by atoms with van der Waals surface area (Å²) in [6, 6.07) is 0. The first-order chi connectivity index (χ1) is 6.31. The fraction of sp³-hybridized carbons (Fsp3) is 0.875. The van der Waals surface area contributed by atoms with E-state index in [0.29, 0.717) is 0 Å². The van der Waals surface area contributed by atoms with Crippen LogP contribution < -0.4 is 0 Å². The van der Waals surface area contributed by atoms with E-state index in [9.17, 15) is 22.4 Å². The highest BCUT2D eigenvalue weighted by Crippen LogP contribution is 2.24. The van der Waals surface area contributed by atoms with E-state index in [0.717, 1.165) is 11.8 Å². The quantitative estimate of drug-likeness (QED) is 0.676. The molecule has 0 saturated carbocycles. The van der Waals surface area contributed by atoms with Gasteiger partial charge in [-0.1, -0.05) is 11.8 Å². The number of hydrogen-bond donors (Lipinski definition) is 0. The second-order valence-electron chi connectivity index (χ2n) is 2.88. The van der Waals surface area contributed by atoms with Gasteiger partial charge in [-0.05, 0) is 12.8 Å². The lowest BCUT2D eigenvalue weighted by Gasteiger charge is -2.09. The normalized spacial score (nSPS) is 14.1. The lowest BCUT2D eigenvalue weighted by atomic mass is 10.2. The zero-order valence-corrected chi connectivity index (χ0v) is 8.55. The molecular formula is C8H12F4OS. The number of rotatable bonds is 5. The third kappa shape index (κ3) is 9.83. The molecule has 0 aromatic heterocycles. The van der Waals surface area contributed by atoms with E-state index in [4.69, 9.17) is 0 Å². The number of halogens is 4. The van der Waals surface area contributed by atoms with Crippen LogP contribution in [0.1, 0.15) is 26.2 Å². The molecule has 0 spiro atoms. The van der Waals surface area contributed by atoms with E-state index in [1.54, 1.807) is 0 Å². The Hall–Kier alpha value is -0.260. The monoisotopic (exact) mass is 232 g/mol. The van der Waals surface area contributed by atoms with Gasteiger partial charge in [0.1, 0.15) is 6.17 Å². The molecule has 14 heavy (non-hydrogen) atoms. The van der Waals surface area contributed by atoms with Crippen molar-refractivity contribution in [2.45, 2.75) is 38.5 Å². The first kappa shape index (κ1) is 13.7. The molecule has 1 atom stereocenters. The SMILES string of the molecule is CC(=O)SCCC(F)CCC(F)(F)F. The van der Waals surface area contributed by atoms with Gasteiger partial charge in [-0.2, -0.15) is 13.2 Å². The zero-order valence-electron chi connectivity index (χ0n) is 7.73. The number of hydrogen-bond acceptors (Lipinski definition) is 2. The van der Waals surface area contributed by atoms with Crippen molar-refractivity contribution < 1.29 is 22.4 Å². The minimum Gasteiger partial charge on any atom is -0.288 e. The zero-order chi connectivity index (χ0) is 11.2. The molecule has 0 saturated heterocycles. The van der Waals surface area contributed by atoms with Crippen LogP contribution >= 0.6 is 11.8 Å². The maximum atomic E-state index is 12.8. The molecule has 0 aliphatic rings. The Kier molecular flexibility index (Phi) is 6.15. The fourth-order valence-corrected chi connectivity index (χ4v) is 1.46. The molecule has 0 amide bonds. The van der Waals surface area contributed by atoms with Crippen molar-refractivity contribution in [1.82, 2.24) is 0 Å². The van der Waals surface area contributed by atoms with Gasteiger partial charge in [0.15, 0.2) is 5.12 Å². The highest BCUT2D eigenvalue weighted by molar-refractivity contribution is 8.13. The molecule has 0 heterocycles. The summed E-state index contributed by atoms with van der Waals surface area (Å²) >= 11 is 0.933. The Labute approximate surface area is 84.2 Å². The van der Waals surface area contributed by atoms with E-state index in [1.807, 2.05) is 0 Å². The molecule has 0 radical (unpaired) electrons. The largest absolute Gasteiger partial charge is 0.389 e. The second kappa shape index (κ2) is 6.27. The minimum atomic E-state index is -4.29. The van der Waals surface area contributed by atoms with Gasteiger partial charge in [-0.3, -0.25) is 4.79 Å². The minimum absolute atomic E-state index is 0.000324. The molecule has 0 aliphatic heterocycles. The maximum absolute atomic E-state index is 12.8. The summed E-state index contributed by atoms with van der Waals surface area (Å²) in [6.07, 6.45) is -7.37. The van der Waals surface area contributed by atoms with Crippen LogP contribution in [0.15, 0.2) is 0 Å². The third-order valence-electron chi connectivity index (χ3n) is 1.48. The molecule has 0 aliphatic carbocycles. The molecule has 0 N–H and O–H groups in total. The smallest absolute Gasteiger partial charge is 0.288 e. The average molecular weight is 232 g/mol. The Morgan fingerprint density at radius 2 is 1.93 bits per heavy atom. The lowest BCUT2D eigenvalue weighted by Crippen LogP contribution is -2.12. The van der Waals surface area contributed by atoms with Crippen LogP contribution in [-0.2, 0) is 4.79 Å². The number of thioether (sulfide) groups is 1. The lowest BCUT2D eigenvalue weighted by molar-refractivity contribution is -0.138. The van der Waals surface area contributed by atoms with Crippen molar-refractivity contribution in [2.24, 2.45) is 0 Å². The first-order valence-electron chi connectivity index (χ1n) is 4.15. The van der Waals surface area contributed by atoms with Crippen LogP contribution in [0.2, 0.25) is 0 Å². The molecule has 1 nitrogen and oxygen atoms in total. The summed E-state index contributed by atoms with van der Waals surface area (Å²) in [6.45, 7) is 1.34. The fourth-order valence-electron chi connectivity index (χ4n) is 0.795. The van der Waals surface area contributed by atoms with Crippen LogP contribution in [0.5, 0.6) is 0 Å². The van der Waals surface area contributed by atoms with E-state index >= 15 is 0 Å². The standard InChI is InChI=1S/C8H12F4OS/c1-6(13)14-5-3-7(9)2-4-8(10,11)12/h7H,2-5H2,1H3. The second-order valence-corrected chi connectivity index (χ2v) is 4.15. The summed E-state index contributed by atoms with van der Waals surface area (Å²) in [5.41, 5.74) is 0. The van der Waals surface area contributed by atoms with Crippen molar-refractivity contribution in [3.8, 4) is 0 Å². The summed E-state index contributed by atoms with van der Waals surface area (Å²) in [5.74, 6) is 0.244. The number of alkyl halides is 4. The van der Waals surface area contributed by atoms with E-state index in [1.165, 1.54) is 6.92 Å². The van der Waals surface area contributed by atoms with Crippen molar-refractivity contribution >= 4 is 16.9 Å². The molecule has 0 bridgehead atoms. The Bertz CT molecular complexity index is 181. The summed E-state index contributed by atoms with van der Waals surface area (Å²) in [4.78, 5) is 10.4. The molecule has 1 unspecified atom stereocenters. The number of carbonyl (C=O) groups is 1. The Balaban J connectivity index is 3.46. The molecule has 0 aromatic carbocycles. The Morgan fingerprint density at radius 3 is 2.36 bits per heavy atom. The van der Waals surface area contributed by atoms with Crippen molar-refractivity contribution in [1.29, 1.82) is 0 Å². The third-order valence-corrected chi connectivity index (χ3v) is 2.32. The predicted molar refractivity (Wildman–Crippen MR) is 47.9 cm³/mol. The predicted octanol–water partition coefficient (Wildman–Crippen LogP) is 3.34. The van der Waals surface area contributed by atoms with E-state index in [-0.39, 0.29) is 17.3 Å². The van der Waals surface area contributed by atoms with Crippen LogP contribution in [-0.4, -0.2) is 23.2 Å². The van der Waals surface area contributed by atoms with Crippen LogP contribution in [0, 0.1) is 0 Å². The van der Waals surface area contributed by atoms with Gasteiger partial charge in [0.05, 0.1) is 0 Å². The first-order valence-corrected chi connectivity index (χ1v) is 5.14. The van der Waals surface area contributed by atoms with Crippen LogP contribution in [0.3, 0.4) is 0 Å². The molecule has 84 valence electrons. The topological polar surface area (TPSA) is 17.1 Å². The van der Waals surface area contributed by atoms with Gasteiger partial charge >= 0.3 is 6.18 Å². The molecule has 6 heteroatoms. The molecular weight excluding hydrogens is 220 g/mol. The van der Waals surface area contributed by atoms with Crippen LogP contribution in [0.4, 0.5) is 17.6 Å². The highest BCUT2D eigenvalue weighted by Gasteiger charge is 2.28. The van der Waals surface area contributed by atoms with Gasteiger partial charge < -0.3 is 0 Å². The van der Waals surface area contributed by atoms with Gasteiger partial charge in [0, 0.05) is 19.1 Å². The number of carbonyl (C=O) groups excluding carboxylic acids is 1. The summed E-state index contributed by atoms with van der Waals surface area (Å²) in [7, 11) is 0. The van der Waals surface area contributed by atoms with Crippen LogP contribution in [0.25, 0.3) is 0 Å². The summed E-state index contributed by atoms with van der Waals surface area (Å²) < 4.78 is 47.7. The van der Waals surface area contributed by atoms with Crippen molar-refractivity contribution in [3.63, 3.8) is 0 Å². The van der Waals surface area contributed by atoms with Crippen molar-refractivity contribution in [2.75, 3.05) is 5.75 Å². The van der Waals surface area contributed by atoms with Gasteiger partial charge in [0.2, 0.25) is 0 Å². The maximum Gasteiger partial charge on any atom is 0.389 e. The van der Waals surface area contributed by atoms with E-state index < -0.39 is 25.2 Å². The van der Waals surface area contributed by atoms with E-state index in [2.05, 4.69) is 0 Å². The highest BCUT2D eigenvalue weighted by atomic mass is 32.2. The Morgan fingerprint density at radius 1 is 1.36 bits per heavy atom. The van der Waals surface area contributed by atoms with Gasteiger partial charge in [-0.25, -0.2) is 4.39 Å².